The zero-order chi connectivity index (χ0) is 13.3. The van der Waals surface area contributed by atoms with Crippen molar-refractivity contribution in [3.05, 3.63) is 23.0 Å². The Morgan fingerprint density at radius 1 is 1.39 bits per heavy atom. The van der Waals surface area contributed by atoms with Crippen molar-refractivity contribution in [3.63, 3.8) is 0 Å². The molecule has 0 saturated heterocycles. The Balaban J connectivity index is 2.13. The van der Waals surface area contributed by atoms with E-state index in [9.17, 15) is 0 Å². The number of nitrogen functional groups attached to an aromatic ring is 1. The molecule has 2 aromatic heterocycles. The third-order valence-corrected chi connectivity index (χ3v) is 2.98. The summed E-state index contributed by atoms with van der Waals surface area (Å²) >= 11 is 0. The van der Waals surface area contributed by atoms with Crippen molar-refractivity contribution < 1.29 is 4.42 Å². The van der Waals surface area contributed by atoms with Crippen molar-refractivity contribution in [1.29, 1.82) is 0 Å². The van der Waals surface area contributed by atoms with Gasteiger partial charge in [0, 0.05) is 7.05 Å². The molecule has 0 saturated carbocycles. The molecule has 0 atom stereocenters. The van der Waals surface area contributed by atoms with Crippen LogP contribution in [0.4, 0.5) is 11.5 Å². The molecule has 0 aromatic carbocycles. The van der Waals surface area contributed by atoms with Crippen LogP contribution in [0.1, 0.15) is 30.0 Å². The fourth-order valence-electron chi connectivity index (χ4n) is 1.84. The van der Waals surface area contributed by atoms with Gasteiger partial charge >= 0.3 is 0 Å². The maximum absolute atomic E-state index is 6.02. The molecule has 3 N–H and O–H groups in total. The minimum absolute atomic E-state index is 0.502. The predicted molar refractivity (Wildman–Crippen MR) is 70.3 cm³/mol. The summed E-state index contributed by atoms with van der Waals surface area (Å²) < 4.78 is 7.25. The number of anilines is 2. The number of hydrogen-bond acceptors (Lipinski definition) is 5. The van der Waals surface area contributed by atoms with Crippen LogP contribution in [0.15, 0.2) is 4.42 Å². The lowest BCUT2D eigenvalue weighted by molar-refractivity contribution is 0.477. The molecule has 2 aromatic rings. The molecule has 6 nitrogen and oxygen atoms in total. The zero-order valence-electron chi connectivity index (χ0n) is 11.2. The number of hydrogen-bond donors (Lipinski definition) is 2. The van der Waals surface area contributed by atoms with E-state index in [1.165, 1.54) is 0 Å². The lowest BCUT2D eigenvalue weighted by atomic mass is 10.3. The Morgan fingerprint density at radius 2 is 2.11 bits per heavy atom. The summed E-state index contributed by atoms with van der Waals surface area (Å²) in [6.45, 7) is 6.36. The Kier molecular flexibility index (Phi) is 3.27. The largest absolute Gasteiger partial charge is 0.444 e. The van der Waals surface area contributed by atoms with Gasteiger partial charge in [-0.05, 0) is 20.3 Å². The van der Waals surface area contributed by atoms with Crippen LogP contribution in [0.5, 0.6) is 0 Å². The van der Waals surface area contributed by atoms with Gasteiger partial charge in [0.1, 0.15) is 11.6 Å². The van der Waals surface area contributed by atoms with Gasteiger partial charge in [0.2, 0.25) is 5.89 Å². The summed E-state index contributed by atoms with van der Waals surface area (Å²) in [7, 11) is 1.86. The highest BCUT2D eigenvalue weighted by Gasteiger charge is 2.12. The summed E-state index contributed by atoms with van der Waals surface area (Å²) in [5.41, 5.74) is 8.53. The number of nitrogens with one attached hydrogen (secondary N) is 1. The van der Waals surface area contributed by atoms with Gasteiger partial charge in [0.15, 0.2) is 0 Å². The van der Waals surface area contributed by atoms with Gasteiger partial charge in [-0.2, -0.15) is 5.10 Å². The first-order chi connectivity index (χ1) is 8.52. The average molecular weight is 249 g/mol. The normalized spacial score (nSPS) is 10.9. The van der Waals surface area contributed by atoms with Crippen LogP contribution in [-0.4, -0.2) is 14.8 Å². The monoisotopic (exact) mass is 249 g/mol. The highest BCUT2D eigenvalue weighted by Crippen LogP contribution is 2.22. The zero-order valence-corrected chi connectivity index (χ0v) is 11.2. The summed E-state index contributed by atoms with van der Waals surface area (Å²) in [4.78, 5) is 4.31. The molecule has 0 radical (unpaired) electrons. The van der Waals surface area contributed by atoms with E-state index in [1.54, 1.807) is 4.68 Å². The van der Waals surface area contributed by atoms with Crippen molar-refractivity contribution in [1.82, 2.24) is 14.8 Å². The van der Waals surface area contributed by atoms with Gasteiger partial charge in [-0.3, -0.25) is 4.68 Å². The van der Waals surface area contributed by atoms with Crippen molar-refractivity contribution in [2.24, 2.45) is 7.05 Å². The molecule has 0 aliphatic carbocycles. The van der Waals surface area contributed by atoms with E-state index in [4.69, 9.17) is 10.2 Å². The topological polar surface area (TPSA) is 81.9 Å². The molecule has 0 spiro atoms. The van der Waals surface area contributed by atoms with E-state index in [0.717, 1.165) is 29.4 Å². The van der Waals surface area contributed by atoms with Gasteiger partial charge in [0.05, 0.1) is 23.6 Å². The Labute approximate surface area is 106 Å². The molecule has 2 heterocycles. The van der Waals surface area contributed by atoms with Crippen molar-refractivity contribution in [2.45, 2.75) is 33.7 Å². The van der Waals surface area contributed by atoms with Crippen LogP contribution < -0.4 is 11.1 Å². The molecular formula is C12H19N5O. The number of rotatable bonds is 4. The number of nitrogens with zero attached hydrogens (tertiary/aromatic N) is 3. The van der Waals surface area contributed by atoms with Crippen LogP contribution in [0.2, 0.25) is 0 Å². The molecule has 6 heteroatoms. The van der Waals surface area contributed by atoms with Crippen LogP contribution in [0.3, 0.4) is 0 Å². The summed E-state index contributed by atoms with van der Waals surface area (Å²) in [5, 5.41) is 7.55. The Morgan fingerprint density at radius 3 is 2.61 bits per heavy atom. The molecule has 0 fully saturated rings. The van der Waals surface area contributed by atoms with Crippen LogP contribution in [-0.2, 0) is 20.0 Å². The maximum Gasteiger partial charge on any atom is 0.213 e. The third kappa shape index (κ3) is 2.18. The van der Waals surface area contributed by atoms with E-state index >= 15 is 0 Å². The predicted octanol–water partition coefficient (Wildman–Crippen LogP) is 1.78. The number of aryl methyl sites for hydroxylation is 4. The highest BCUT2D eigenvalue weighted by molar-refractivity contribution is 5.64. The fraction of sp³-hybridized carbons (Fsp3) is 0.500. The Bertz CT molecular complexity index is 536. The van der Waals surface area contributed by atoms with E-state index in [2.05, 4.69) is 15.4 Å². The summed E-state index contributed by atoms with van der Waals surface area (Å²) in [5.74, 6) is 2.31. The molecule has 18 heavy (non-hydrogen) atoms. The summed E-state index contributed by atoms with van der Waals surface area (Å²) in [6.07, 6.45) is 0.818. The molecule has 0 unspecified atom stereocenters. The molecule has 2 rings (SSSR count). The molecule has 0 aliphatic rings. The second kappa shape index (κ2) is 4.72. The van der Waals surface area contributed by atoms with Crippen molar-refractivity contribution in [3.8, 4) is 0 Å². The first kappa shape index (κ1) is 12.5. The highest BCUT2D eigenvalue weighted by atomic mass is 16.4. The van der Waals surface area contributed by atoms with Crippen LogP contribution in [0.25, 0.3) is 0 Å². The van der Waals surface area contributed by atoms with E-state index < -0.39 is 0 Å². The smallest absolute Gasteiger partial charge is 0.213 e. The number of aromatic nitrogens is 3. The summed E-state index contributed by atoms with van der Waals surface area (Å²) in [6, 6.07) is 0. The van der Waals surface area contributed by atoms with E-state index in [-0.39, 0.29) is 0 Å². The van der Waals surface area contributed by atoms with E-state index in [1.807, 2.05) is 27.8 Å². The third-order valence-electron chi connectivity index (χ3n) is 2.98. The maximum atomic E-state index is 6.02. The van der Waals surface area contributed by atoms with Gasteiger partial charge in [-0.1, -0.05) is 6.92 Å². The molecule has 0 amide bonds. The van der Waals surface area contributed by atoms with Crippen LogP contribution in [0, 0.1) is 13.8 Å². The second-order valence-corrected chi connectivity index (χ2v) is 4.29. The quantitative estimate of drug-likeness (QED) is 0.863. The number of oxazole rings is 1. The second-order valence-electron chi connectivity index (χ2n) is 4.29. The molecule has 0 aliphatic heterocycles. The van der Waals surface area contributed by atoms with Crippen molar-refractivity contribution >= 4 is 11.5 Å². The average Bonchev–Trinajstić information content (AvgIpc) is 2.78. The minimum Gasteiger partial charge on any atom is -0.444 e. The molecule has 0 bridgehead atoms. The lowest BCUT2D eigenvalue weighted by Crippen LogP contribution is -2.06. The van der Waals surface area contributed by atoms with Gasteiger partial charge in [0.25, 0.3) is 0 Å². The van der Waals surface area contributed by atoms with Crippen LogP contribution >= 0.6 is 0 Å². The standard InChI is InChI=1S/C12H19N5O/c1-5-9-11(13)12(17(4)16-9)14-6-10-15-7(2)8(3)18-10/h14H,5-6,13H2,1-4H3. The van der Waals surface area contributed by atoms with Gasteiger partial charge < -0.3 is 15.5 Å². The van der Waals surface area contributed by atoms with Crippen molar-refractivity contribution in [2.75, 3.05) is 11.1 Å². The fourth-order valence-corrected chi connectivity index (χ4v) is 1.84. The van der Waals surface area contributed by atoms with Gasteiger partial charge in [-0.25, -0.2) is 4.98 Å². The molecular weight excluding hydrogens is 230 g/mol. The van der Waals surface area contributed by atoms with E-state index in [0.29, 0.717) is 18.1 Å². The SMILES string of the molecule is CCc1nn(C)c(NCc2nc(C)c(C)o2)c1N. The Hall–Kier alpha value is -1.98. The lowest BCUT2D eigenvalue weighted by Gasteiger charge is -2.05. The van der Waals surface area contributed by atoms with Gasteiger partial charge in [-0.15, -0.1) is 0 Å². The number of nitrogens with two attached hydrogens (primary N) is 1. The first-order valence-electron chi connectivity index (χ1n) is 6.01. The first-order valence-corrected chi connectivity index (χ1v) is 6.01. The minimum atomic E-state index is 0.502. The molecule has 98 valence electrons.